The lowest BCUT2D eigenvalue weighted by atomic mass is 10.1. The van der Waals surface area contributed by atoms with E-state index in [-0.39, 0.29) is 0 Å². The zero-order valence-corrected chi connectivity index (χ0v) is 13.9. The van der Waals surface area contributed by atoms with Crippen LogP contribution in [-0.2, 0) is 12.8 Å². The predicted octanol–water partition coefficient (Wildman–Crippen LogP) is 4.83. The molecule has 1 nitrogen and oxygen atoms in total. The molecule has 2 heteroatoms. The Morgan fingerprint density at radius 2 is 2.05 bits per heavy atom. The summed E-state index contributed by atoms with van der Waals surface area (Å²) < 4.78 is 0. The Morgan fingerprint density at radius 1 is 1.20 bits per heavy atom. The Bertz CT molecular complexity index is 402. The lowest BCUT2D eigenvalue weighted by molar-refractivity contribution is 0.502. The fourth-order valence-electron chi connectivity index (χ4n) is 2.91. The summed E-state index contributed by atoms with van der Waals surface area (Å²) in [6, 6.07) is 7.73. The quantitative estimate of drug-likeness (QED) is 0.517. The standard InChI is InChI=1S/C18H29NS/c1-3-4-5-7-15(2)19-12-13-20-18-11-10-16-8-6-9-17(16)14-18/h10-11,14-15,19H,3-9,12-13H2,1-2H3. The highest BCUT2D eigenvalue weighted by Crippen LogP contribution is 2.27. The molecule has 0 amide bonds. The van der Waals surface area contributed by atoms with Crippen LogP contribution in [0.2, 0.25) is 0 Å². The van der Waals surface area contributed by atoms with Crippen LogP contribution in [0.3, 0.4) is 0 Å². The second kappa shape index (κ2) is 8.74. The average Bonchev–Trinajstić information content (AvgIpc) is 2.91. The minimum absolute atomic E-state index is 0.669. The first-order chi connectivity index (χ1) is 9.79. The number of aryl methyl sites for hydroxylation is 2. The summed E-state index contributed by atoms with van der Waals surface area (Å²) in [5.74, 6) is 1.18. The Labute approximate surface area is 128 Å². The molecule has 0 saturated carbocycles. The van der Waals surface area contributed by atoms with Crippen molar-refractivity contribution >= 4 is 11.8 Å². The third-order valence-electron chi connectivity index (χ3n) is 4.17. The fraction of sp³-hybridized carbons (Fsp3) is 0.667. The van der Waals surface area contributed by atoms with E-state index in [1.165, 1.54) is 55.6 Å². The molecule has 1 aromatic rings. The van der Waals surface area contributed by atoms with Gasteiger partial charge in [-0.1, -0.05) is 32.3 Å². The molecule has 0 aromatic heterocycles. The van der Waals surface area contributed by atoms with Crippen LogP contribution in [0.25, 0.3) is 0 Å². The van der Waals surface area contributed by atoms with Gasteiger partial charge >= 0.3 is 0 Å². The van der Waals surface area contributed by atoms with Gasteiger partial charge in [-0.15, -0.1) is 11.8 Å². The molecule has 1 atom stereocenters. The van der Waals surface area contributed by atoms with Gasteiger partial charge in [-0.3, -0.25) is 0 Å². The van der Waals surface area contributed by atoms with Gasteiger partial charge < -0.3 is 5.32 Å². The first-order valence-electron chi connectivity index (χ1n) is 8.27. The van der Waals surface area contributed by atoms with Gasteiger partial charge in [-0.25, -0.2) is 0 Å². The van der Waals surface area contributed by atoms with Crippen LogP contribution in [-0.4, -0.2) is 18.3 Å². The number of benzene rings is 1. The summed E-state index contributed by atoms with van der Waals surface area (Å²) in [6.07, 6.45) is 9.30. The molecule has 1 unspecified atom stereocenters. The molecule has 1 aliphatic carbocycles. The topological polar surface area (TPSA) is 12.0 Å². The zero-order chi connectivity index (χ0) is 14.2. The lowest BCUT2D eigenvalue weighted by Gasteiger charge is -2.13. The number of hydrogen-bond acceptors (Lipinski definition) is 2. The normalized spacial score (nSPS) is 15.3. The predicted molar refractivity (Wildman–Crippen MR) is 90.8 cm³/mol. The highest BCUT2D eigenvalue weighted by atomic mass is 32.2. The second-order valence-electron chi connectivity index (χ2n) is 5.98. The maximum atomic E-state index is 3.64. The number of thioether (sulfide) groups is 1. The Morgan fingerprint density at radius 3 is 2.90 bits per heavy atom. The van der Waals surface area contributed by atoms with Crippen molar-refractivity contribution in [1.82, 2.24) is 5.32 Å². The summed E-state index contributed by atoms with van der Waals surface area (Å²) in [7, 11) is 0. The highest BCUT2D eigenvalue weighted by molar-refractivity contribution is 7.99. The Balaban J connectivity index is 1.61. The lowest BCUT2D eigenvalue weighted by Crippen LogP contribution is -2.28. The van der Waals surface area contributed by atoms with E-state index in [0.717, 1.165) is 6.54 Å². The summed E-state index contributed by atoms with van der Waals surface area (Å²) in [4.78, 5) is 1.45. The van der Waals surface area contributed by atoms with Crippen LogP contribution in [0.4, 0.5) is 0 Å². The summed E-state index contributed by atoms with van der Waals surface area (Å²) in [5.41, 5.74) is 3.17. The maximum absolute atomic E-state index is 3.64. The van der Waals surface area contributed by atoms with Crippen molar-refractivity contribution < 1.29 is 0 Å². The molecular weight excluding hydrogens is 262 g/mol. The maximum Gasteiger partial charge on any atom is 0.0106 e. The summed E-state index contributed by atoms with van der Waals surface area (Å²) >= 11 is 1.99. The van der Waals surface area contributed by atoms with E-state index in [1.807, 2.05) is 11.8 Å². The van der Waals surface area contributed by atoms with Gasteiger partial charge in [0.05, 0.1) is 0 Å². The Kier molecular flexibility index (Phi) is 6.95. The van der Waals surface area contributed by atoms with Crippen molar-refractivity contribution in [2.24, 2.45) is 0 Å². The van der Waals surface area contributed by atoms with E-state index >= 15 is 0 Å². The highest BCUT2D eigenvalue weighted by Gasteiger charge is 2.10. The van der Waals surface area contributed by atoms with Gasteiger partial charge in [0.25, 0.3) is 0 Å². The molecule has 112 valence electrons. The molecule has 1 N–H and O–H groups in total. The molecule has 0 heterocycles. The van der Waals surface area contributed by atoms with Gasteiger partial charge in [0, 0.05) is 23.2 Å². The van der Waals surface area contributed by atoms with Gasteiger partial charge in [0.1, 0.15) is 0 Å². The van der Waals surface area contributed by atoms with Crippen molar-refractivity contribution in [1.29, 1.82) is 0 Å². The van der Waals surface area contributed by atoms with E-state index in [9.17, 15) is 0 Å². The molecule has 0 saturated heterocycles. The molecule has 0 radical (unpaired) electrons. The van der Waals surface area contributed by atoms with Crippen molar-refractivity contribution in [3.8, 4) is 0 Å². The third-order valence-corrected chi connectivity index (χ3v) is 5.17. The number of unbranched alkanes of at least 4 members (excludes halogenated alkanes) is 2. The van der Waals surface area contributed by atoms with Gasteiger partial charge in [0.15, 0.2) is 0 Å². The van der Waals surface area contributed by atoms with E-state index in [0.29, 0.717) is 6.04 Å². The van der Waals surface area contributed by atoms with E-state index in [1.54, 1.807) is 11.1 Å². The van der Waals surface area contributed by atoms with Gasteiger partial charge in [0.2, 0.25) is 0 Å². The van der Waals surface area contributed by atoms with Crippen LogP contribution >= 0.6 is 11.8 Å². The van der Waals surface area contributed by atoms with E-state index in [4.69, 9.17) is 0 Å². The van der Waals surface area contributed by atoms with Crippen molar-refractivity contribution in [2.75, 3.05) is 12.3 Å². The number of hydrogen-bond donors (Lipinski definition) is 1. The molecule has 1 aromatic carbocycles. The molecule has 2 rings (SSSR count). The van der Waals surface area contributed by atoms with Crippen molar-refractivity contribution in [2.45, 2.75) is 69.7 Å². The van der Waals surface area contributed by atoms with Crippen LogP contribution in [0.5, 0.6) is 0 Å². The molecule has 0 spiro atoms. The molecular formula is C18H29NS. The number of fused-ring (bicyclic) bond motifs is 1. The van der Waals surface area contributed by atoms with Crippen LogP contribution < -0.4 is 5.32 Å². The third kappa shape index (κ3) is 5.14. The molecule has 0 bridgehead atoms. The minimum Gasteiger partial charge on any atom is -0.313 e. The average molecular weight is 292 g/mol. The van der Waals surface area contributed by atoms with Gasteiger partial charge in [-0.05, 0) is 55.9 Å². The number of rotatable bonds is 9. The van der Waals surface area contributed by atoms with Crippen LogP contribution in [0.1, 0.15) is 57.1 Å². The fourth-order valence-corrected chi connectivity index (χ4v) is 3.76. The van der Waals surface area contributed by atoms with E-state index < -0.39 is 0 Å². The zero-order valence-electron chi connectivity index (χ0n) is 13.1. The van der Waals surface area contributed by atoms with Crippen molar-refractivity contribution in [3.05, 3.63) is 29.3 Å². The molecule has 0 aliphatic heterocycles. The van der Waals surface area contributed by atoms with Crippen molar-refractivity contribution in [3.63, 3.8) is 0 Å². The molecule has 1 aliphatic rings. The Hall–Kier alpha value is -0.470. The number of nitrogens with one attached hydrogen (secondary N) is 1. The minimum atomic E-state index is 0.669. The smallest absolute Gasteiger partial charge is 0.0106 e. The van der Waals surface area contributed by atoms with Crippen LogP contribution in [0, 0.1) is 0 Å². The van der Waals surface area contributed by atoms with Crippen LogP contribution in [0.15, 0.2) is 23.1 Å². The first-order valence-corrected chi connectivity index (χ1v) is 9.26. The summed E-state index contributed by atoms with van der Waals surface area (Å²) in [5, 5.41) is 3.64. The molecule has 0 fully saturated rings. The second-order valence-corrected chi connectivity index (χ2v) is 7.15. The monoisotopic (exact) mass is 291 g/mol. The largest absolute Gasteiger partial charge is 0.313 e. The summed E-state index contributed by atoms with van der Waals surface area (Å²) in [6.45, 7) is 5.70. The first kappa shape index (κ1) is 15.9. The van der Waals surface area contributed by atoms with E-state index in [2.05, 4.69) is 37.4 Å². The SMILES string of the molecule is CCCCCC(C)NCCSc1ccc2c(c1)CCC2. The van der Waals surface area contributed by atoms with Gasteiger partial charge in [-0.2, -0.15) is 0 Å². The molecule has 20 heavy (non-hydrogen) atoms.